The number of rotatable bonds is 9. The molecule has 0 radical (unpaired) electrons. The van der Waals surface area contributed by atoms with Crippen LogP contribution in [0.3, 0.4) is 0 Å². The summed E-state index contributed by atoms with van der Waals surface area (Å²) in [5, 5.41) is 6.26. The number of hydrogen-bond acceptors (Lipinski definition) is 6. The molecule has 3 rings (SSSR count). The highest BCUT2D eigenvalue weighted by atomic mass is 16.1. The van der Waals surface area contributed by atoms with Gasteiger partial charge >= 0.3 is 0 Å². The minimum Gasteiger partial charge on any atom is -0.370 e. The largest absolute Gasteiger partial charge is 0.370 e. The van der Waals surface area contributed by atoms with E-state index in [0.717, 1.165) is 38.2 Å². The Labute approximate surface area is 158 Å². The predicted octanol–water partition coefficient (Wildman–Crippen LogP) is 2.16. The number of aromatic amines is 1. The second-order valence-corrected chi connectivity index (χ2v) is 6.14. The van der Waals surface area contributed by atoms with Crippen LogP contribution in [-0.4, -0.2) is 55.8 Å². The van der Waals surface area contributed by atoms with E-state index in [2.05, 4.69) is 44.1 Å². The van der Waals surface area contributed by atoms with Crippen LogP contribution in [0.4, 0.5) is 5.82 Å². The molecule has 0 aliphatic rings. The van der Waals surface area contributed by atoms with E-state index < -0.39 is 0 Å². The van der Waals surface area contributed by atoms with Gasteiger partial charge in [0.25, 0.3) is 5.56 Å². The third-order valence-electron chi connectivity index (χ3n) is 4.48. The molecule has 8 heteroatoms. The molecular weight excluding hydrogens is 342 g/mol. The maximum absolute atomic E-state index is 12.7. The van der Waals surface area contributed by atoms with E-state index in [-0.39, 0.29) is 5.56 Å². The summed E-state index contributed by atoms with van der Waals surface area (Å²) in [4.78, 5) is 27.6. The highest BCUT2D eigenvalue weighted by molar-refractivity contribution is 5.60. The summed E-state index contributed by atoms with van der Waals surface area (Å²) in [7, 11) is 0. The van der Waals surface area contributed by atoms with Crippen LogP contribution in [0.15, 0.2) is 47.9 Å². The Morgan fingerprint density at radius 2 is 2.11 bits per heavy atom. The lowest BCUT2D eigenvalue weighted by Crippen LogP contribution is -2.25. The Morgan fingerprint density at radius 1 is 1.26 bits per heavy atom. The predicted molar refractivity (Wildman–Crippen MR) is 106 cm³/mol. The molecule has 27 heavy (non-hydrogen) atoms. The van der Waals surface area contributed by atoms with Gasteiger partial charge < -0.3 is 10.2 Å². The van der Waals surface area contributed by atoms with Crippen molar-refractivity contribution in [3.63, 3.8) is 0 Å². The molecule has 0 bridgehead atoms. The van der Waals surface area contributed by atoms with Crippen molar-refractivity contribution in [3.8, 4) is 16.9 Å². The van der Waals surface area contributed by atoms with E-state index in [4.69, 9.17) is 0 Å². The van der Waals surface area contributed by atoms with Crippen LogP contribution in [0.5, 0.6) is 0 Å². The molecule has 0 aliphatic carbocycles. The summed E-state index contributed by atoms with van der Waals surface area (Å²) in [5.41, 5.74) is 1.14. The van der Waals surface area contributed by atoms with Gasteiger partial charge in [0.2, 0.25) is 0 Å². The lowest BCUT2D eigenvalue weighted by atomic mass is 10.2. The van der Waals surface area contributed by atoms with Crippen molar-refractivity contribution in [2.45, 2.75) is 20.3 Å². The van der Waals surface area contributed by atoms with Gasteiger partial charge in [-0.15, -0.1) is 0 Å². The summed E-state index contributed by atoms with van der Waals surface area (Å²) >= 11 is 0. The summed E-state index contributed by atoms with van der Waals surface area (Å²) in [6.07, 6.45) is 7.49. The van der Waals surface area contributed by atoms with Gasteiger partial charge in [-0.05, 0) is 32.1 Å². The summed E-state index contributed by atoms with van der Waals surface area (Å²) in [6.45, 7) is 8.31. The molecule has 0 amide bonds. The molecule has 0 saturated carbocycles. The van der Waals surface area contributed by atoms with E-state index in [1.54, 1.807) is 30.7 Å². The zero-order chi connectivity index (χ0) is 19.1. The maximum Gasteiger partial charge on any atom is 0.280 e. The molecule has 0 atom stereocenters. The summed E-state index contributed by atoms with van der Waals surface area (Å²) in [5.74, 6) is 1.19. The molecule has 3 aromatic heterocycles. The van der Waals surface area contributed by atoms with Crippen LogP contribution in [0, 0.1) is 0 Å². The average molecular weight is 367 g/mol. The Balaban J connectivity index is 1.69. The summed E-state index contributed by atoms with van der Waals surface area (Å²) in [6, 6.07) is 5.42. The Kier molecular flexibility index (Phi) is 6.32. The van der Waals surface area contributed by atoms with E-state index in [9.17, 15) is 4.79 Å². The van der Waals surface area contributed by atoms with Gasteiger partial charge in [0.05, 0.1) is 5.56 Å². The highest BCUT2D eigenvalue weighted by Crippen LogP contribution is 2.14. The number of pyridine rings is 1. The van der Waals surface area contributed by atoms with Crippen LogP contribution in [0.25, 0.3) is 16.9 Å². The third kappa shape index (κ3) is 4.59. The van der Waals surface area contributed by atoms with Gasteiger partial charge in [-0.3, -0.25) is 14.9 Å². The smallest absolute Gasteiger partial charge is 0.280 e. The van der Waals surface area contributed by atoms with Crippen LogP contribution in [0.1, 0.15) is 20.3 Å². The molecule has 2 N–H and O–H groups in total. The van der Waals surface area contributed by atoms with Crippen LogP contribution in [0.2, 0.25) is 0 Å². The lowest BCUT2D eigenvalue weighted by molar-refractivity contribution is 0.303. The quantitative estimate of drug-likeness (QED) is 0.563. The maximum atomic E-state index is 12.7. The van der Waals surface area contributed by atoms with Crippen LogP contribution >= 0.6 is 0 Å². The number of anilines is 1. The van der Waals surface area contributed by atoms with Gasteiger partial charge in [0.15, 0.2) is 5.82 Å². The number of H-pyrrole nitrogens is 1. The number of nitrogens with one attached hydrogen (secondary N) is 2. The van der Waals surface area contributed by atoms with Gasteiger partial charge in [0, 0.05) is 36.8 Å². The van der Waals surface area contributed by atoms with Crippen molar-refractivity contribution in [1.82, 2.24) is 29.6 Å². The zero-order valence-electron chi connectivity index (χ0n) is 15.7. The van der Waals surface area contributed by atoms with Gasteiger partial charge in [-0.1, -0.05) is 19.9 Å². The molecule has 8 nitrogen and oxygen atoms in total. The van der Waals surface area contributed by atoms with E-state index in [1.807, 2.05) is 6.07 Å². The monoisotopic (exact) mass is 367 g/mol. The number of nitrogens with zero attached hydrogens (tertiary/aromatic N) is 5. The first-order valence-electron chi connectivity index (χ1n) is 9.22. The molecule has 0 spiro atoms. The van der Waals surface area contributed by atoms with Crippen LogP contribution < -0.4 is 10.9 Å². The normalized spacial score (nSPS) is 11.1. The second-order valence-electron chi connectivity index (χ2n) is 6.14. The van der Waals surface area contributed by atoms with Crippen molar-refractivity contribution in [2.24, 2.45) is 0 Å². The fourth-order valence-corrected chi connectivity index (χ4v) is 2.89. The molecule has 0 saturated heterocycles. The van der Waals surface area contributed by atoms with E-state index in [1.165, 1.54) is 11.0 Å². The minimum absolute atomic E-state index is 0.172. The Hall–Kier alpha value is -3.00. The molecule has 0 aromatic carbocycles. The molecule has 0 unspecified atom stereocenters. The first-order valence-corrected chi connectivity index (χ1v) is 9.22. The molecule has 0 fully saturated rings. The van der Waals surface area contributed by atoms with E-state index in [0.29, 0.717) is 17.2 Å². The minimum atomic E-state index is -0.172. The highest BCUT2D eigenvalue weighted by Gasteiger charge is 2.11. The summed E-state index contributed by atoms with van der Waals surface area (Å²) < 4.78 is 1.41. The Bertz CT molecular complexity index is 900. The first kappa shape index (κ1) is 18.8. The van der Waals surface area contributed by atoms with Crippen molar-refractivity contribution >= 4 is 5.82 Å². The van der Waals surface area contributed by atoms with Gasteiger partial charge in [-0.2, -0.15) is 0 Å². The zero-order valence-corrected chi connectivity index (χ0v) is 15.7. The third-order valence-corrected chi connectivity index (χ3v) is 4.48. The molecule has 3 aromatic rings. The number of aromatic nitrogens is 5. The molecule has 142 valence electrons. The lowest BCUT2D eigenvalue weighted by Gasteiger charge is -2.17. The fraction of sp³-hybridized carbons (Fsp3) is 0.368. The van der Waals surface area contributed by atoms with Crippen molar-refractivity contribution in [2.75, 3.05) is 31.5 Å². The van der Waals surface area contributed by atoms with Crippen molar-refractivity contribution in [1.29, 1.82) is 0 Å². The standard InChI is InChI=1S/C19H25N7O/c1-3-25(4-2)10-6-9-21-17-11-18(23-14-22-17)26-19(27)16(13-24-26)15-7-5-8-20-12-15/h5,7-8,11-14,24H,3-4,6,9-10H2,1-2H3,(H,21,22,23). The molecule has 3 heterocycles. The van der Waals surface area contributed by atoms with Crippen molar-refractivity contribution < 1.29 is 0 Å². The van der Waals surface area contributed by atoms with E-state index >= 15 is 0 Å². The average Bonchev–Trinajstić information content (AvgIpc) is 3.10. The SMILES string of the molecule is CCN(CC)CCCNc1cc(-n2[nH]cc(-c3cccnc3)c2=O)ncn1. The fourth-order valence-electron chi connectivity index (χ4n) is 2.89. The van der Waals surface area contributed by atoms with Gasteiger partial charge in [-0.25, -0.2) is 14.6 Å². The van der Waals surface area contributed by atoms with Crippen molar-refractivity contribution in [3.05, 3.63) is 53.5 Å². The first-order chi connectivity index (χ1) is 13.2. The van der Waals surface area contributed by atoms with Gasteiger partial charge in [0.1, 0.15) is 12.1 Å². The molecular formula is C19H25N7O. The Morgan fingerprint density at radius 3 is 2.85 bits per heavy atom. The van der Waals surface area contributed by atoms with Crippen LogP contribution in [-0.2, 0) is 0 Å². The number of hydrogen-bond donors (Lipinski definition) is 2. The second kappa shape index (κ2) is 9.09. The topological polar surface area (TPSA) is 91.7 Å². The molecule has 0 aliphatic heterocycles.